The largest absolute Gasteiger partial charge is 0.324 e. The van der Waals surface area contributed by atoms with Crippen LogP contribution in [0.4, 0.5) is 5.95 Å². The zero-order chi connectivity index (χ0) is 13.2. The van der Waals surface area contributed by atoms with Crippen molar-refractivity contribution in [1.29, 1.82) is 0 Å². The monoisotopic (exact) mass is 276 g/mol. The Hall–Kier alpha value is -2.02. The third-order valence-corrected chi connectivity index (χ3v) is 3.75. The van der Waals surface area contributed by atoms with Crippen LogP contribution in [0.3, 0.4) is 0 Å². The number of amides is 2. The van der Waals surface area contributed by atoms with Crippen molar-refractivity contribution < 1.29 is 9.59 Å². The molecular weight excluding hydrogens is 264 g/mol. The first-order valence-corrected chi connectivity index (χ1v) is 6.98. The van der Waals surface area contributed by atoms with Crippen molar-refractivity contribution in [2.45, 2.75) is 0 Å². The lowest BCUT2D eigenvalue weighted by atomic mass is 10.3. The number of carbonyl (C=O) groups excluding carboxylic acids is 2. The first-order valence-electron chi connectivity index (χ1n) is 5.82. The number of benzene rings is 1. The fourth-order valence-electron chi connectivity index (χ4n) is 1.90. The lowest BCUT2D eigenvalue weighted by molar-refractivity contribution is -0.130. The number of thioether (sulfide) groups is 1. The lowest BCUT2D eigenvalue weighted by Crippen LogP contribution is -2.34. The van der Waals surface area contributed by atoms with Gasteiger partial charge in [-0.25, -0.2) is 4.98 Å². The molecule has 0 unspecified atom stereocenters. The molecule has 0 radical (unpaired) electrons. The summed E-state index contributed by atoms with van der Waals surface area (Å²) in [6.07, 6.45) is 0. The molecule has 1 aliphatic heterocycles. The fraction of sp³-hybridized carbons (Fsp3) is 0.250. The van der Waals surface area contributed by atoms with Crippen molar-refractivity contribution in [2.75, 3.05) is 23.5 Å². The molecule has 0 spiro atoms. The van der Waals surface area contributed by atoms with Crippen molar-refractivity contribution in [3.05, 3.63) is 24.3 Å². The van der Waals surface area contributed by atoms with E-state index in [-0.39, 0.29) is 18.4 Å². The van der Waals surface area contributed by atoms with Crippen LogP contribution in [0.25, 0.3) is 11.0 Å². The Morgan fingerprint density at radius 3 is 3.05 bits per heavy atom. The van der Waals surface area contributed by atoms with Crippen molar-refractivity contribution in [3.63, 3.8) is 0 Å². The summed E-state index contributed by atoms with van der Waals surface area (Å²) in [5, 5.41) is 2.67. The summed E-state index contributed by atoms with van der Waals surface area (Å²) >= 11 is 1.52. The third kappa shape index (κ3) is 2.55. The number of rotatable bonds is 3. The number of imidazole rings is 1. The van der Waals surface area contributed by atoms with Gasteiger partial charge in [-0.1, -0.05) is 12.1 Å². The van der Waals surface area contributed by atoms with E-state index in [0.29, 0.717) is 17.6 Å². The molecule has 2 aromatic rings. The predicted octanol–water partition coefficient (Wildman–Crippen LogP) is 1.03. The molecule has 6 nitrogen and oxygen atoms in total. The number of hydrogen-bond acceptors (Lipinski definition) is 4. The Bertz CT molecular complexity index is 606. The van der Waals surface area contributed by atoms with Gasteiger partial charge >= 0.3 is 0 Å². The molecule has 1 aromatic carbocycles. The molecule has 0 bridgehead atoms. The fourth-order valence-corrected chi connectivity index (χ4v) is 2.80. The second kappa shape index (κ2) is 4.93. The predicted molar refractivity (Wildman–Crippen MR) is 73.8 cm³/mol. The molecule has 2 heterocycles. The summed E-state index contributed by atoms with van der Waals surface area (Å²) in [5.41, 5.74) is 1.66. The van der Waals surface area contributed by atoms with Gasteiger partial charge in [-0.3, -0.25) is 14.9 Å². The molecule has 0 aliphatic carbocycles. The number of nitrogens with one attached hydrogen (secondary N) is 2. The molecule has 1 fully saturated rings. The molecule has 1 saturated heterocycles. The highest BCUT2D eigenvalue weighted by molar-refractivity contribution is 8.00. The maximum atomic E-state index is 11.8. The van der Waals surface area contributed by atoms with Crippen molar-refractivity contribution >= 4 is 40.6 Å². The minimum absolute atomic E-state index is 0.00440. The van der Waals surface area contributed by atoms with Crippen LogP contribution in [0, 0.1) is 0 Å². The number of aromatic amines is 1. The highest BCUT2D eigenvalue weighted by atomic mass is 32.2. The van der Waals surface area contributed by atoms with E-state index in [0.717, 1.165) is 11.0 Å². The molecule has 19 heavy (non-hydrogen) atoms. The van der Waals surface area contributed by atoms with Crippen LogP contribution >= 0.6 is 11.8 Å². The highest BCUT2D eigenvalue weighted by Gasteiger charge is 2.23. The van der Waals surface area contributed by atoms with Crippen molar-refractivity contribution in [3.8, 4) is 0 Å². The van der Waals surface area contributed by atoms with E-state index >= 15 is 0 Å². The zero-order valence-corrected chi connectivity index (χ0v) is 10.9. The summed E-state index contributed by atoms with van der Waals surface area (Å²) in [4.78, 5) is 32.0. The molecule has 1 aromatic heterocycles. The van der Waals surface area contributed by atoms with E-state index in [9.17, 15) is 9.59 Å². The third-order valence-electron chi connectivity index (χ3n) is 2.81. The average Bonchev–Trinajstić information content (AvgIpc) is 2.95. The van der Waals surface area contributed by atoms with Crippen LogP contribution in [0.15, 0.2) is 24.3 Å². The summed E-state index contributed by atoms with van der Waals surface area (Å²) in [5.74, 6) is 1.20. The van der Waals surface area contributed by atoms with Crippen LogP contribution in [0.1, 0.15) is 0 Å². The van der Waals surface area contributed by atoms with Gasteiger partial charge in [0.05, 0.1) is 22.7 Å². The normalized spacial score (nSPS) is 15.2. The Kier molecular flexibility index (Phi) is 3.12. The Labute approximate surface area is 113 Å². The molecule has 98 valence electrons. The number of anilines is 1. The Morgan fingerprint density at radius 2 is 2.32 bits per heavy atom. The quantitative estimate of drug-likeness (QED) is 0.878. The van der Waals surface area contributed by atoms with Crippen molar-refractivity contribution in [1.82, 2.24) is 14.9 Å². The van der Waals surface area contributed by atoms with Gasteiger partial charge in [-0.15, -0.1) is 11.8 Å². The SMILES string of the molecule is O=C(CN1CSCC1=O)Nc1nc2ccccc2[nH]1. The number of aromatic nitrogens is 2. The summed E-state index contributed by atoms with van der Waals surface area (Å²) in [6.45, 7) is 0.0723. The van der Waals surface area contributed by atoms with Gasteiger partial charge in [-0.05, 0) is 12.1 Å². The van der Waals surface area contributed by atoms with E-state index in [4.69, 9.17) is 0 Å². The summed E-state index contributed by atoms with van der Waals surface area (Å²) < 4.78 is 0. The standard InChI is InChI=1S/C12H12N4O2S/c17-10(5-16-7-19-6-11(16)18)15-12-13-8-3-1-2-4-9(8)14-12/h1-4H,5-7H2,(H2,13,14,15,17). The number of nitrogens with zero attached hydrogens (tertiary/aromatic N) is 2. The lowest BCUT2D eigenvalue weighted by Gasteiger charge is -2.13. The van der Waals surface area contributed by atoms with E-state index in [1.165, 1.54) is 16.7 Å². The number of fused-ring (bicyclic) bond motifs is 1. The molecule has 2 amide bonds. The van der Waals surface area contributed by atoms with Crippen molar-refractivity contribution in [2.24, 2.45) is 0 Å². The minimum Gasteiger partial charge on any atom is -0.324 e. The van der Waals surface area contributed by atoms with Gasteiger partial charge in [0.1, 0.15) is 6.54 Å². The number of hydrogen-bond donors (Lipinski definition) is 2. The molecule has 7 heteroatoms. The van der Waals surface area contributed by atoms with E-state index < -0.39 is 0 Å². The zero-order valence-electron chi connectivity index (χ0n) is 10.0. The second-order valence-electron chi connectivity index (χ2n) is 4.22. The minimum atomic E-state index is -0.241. The van der Waals surface area contributed by atoms with E-state index in [1.54, 1.807) is 0 Å². The van der Waals surface area contributed by atoms with Crippen LogP contribution in [-0.4, -0.2) is 44.9 Å². The average molecular weight is 276 g/mol. The molecular formula is C12H12N4O2S. The molecule has 3 rings (SSSR count). The van der Waals surface area contributed by atoms with Crippen LogP contribution in [-0.2, 0) is 9.59 Å². The summed E-state index contributed by atoms with van der Waals surface area (Å²) in [7, 11) is 0. The topological polar surface area (TPSA) is 78.1 Å². The van der Waals surface area contributed by atoms with Gasteiger partial charge in [0.15, 0.2) is 0 Å². The molecule has 1 aliphatic rings. The van der Waals surface area contributed by atoms with Crippen LogP contribution in [0.5, 0.6) is 0 Å². The van der Waals surface area contributed by atoms with Gasteiger partial charge in [0, 0.05) is 0 Å². The van der Waals surface area contributed by atoms with Gasteiger partial charge in [0.25, 0.3) is 0 Å². The highest BCUT2D eigenvalue weighted by Crippen LogP contribution is 2.15. The smallest absolute Gasteiger partial charge is 0.246 e. The van der Waals surface area contributed by atoms with Crippen LogP contribution in [0.2, 0.25) is 0 Å². The van der Waals surface area contributed by atoms with Gasteiger partial charge in [0.2, 0.25) is 17.8 Å². The maximum Gasteiger partial charge on any atom is 0.246 e. The number of H-pyrrole nitrogens is 1. The first-order chi connectivity index (χ1) is 9.22. The van der Waals surface area contributed by atoms with Gasteiger partial charge < -0.3 is 9.88 Å². The second-order valence-corrected chi connectivity index (χ2v) is 5.18. The van der Waals surface area contributed by atoms with Crippen LogP contribution < -0.4 is 5.32 Å². The van der Waals surface area contributed by atoms with Gasteiger partial charge in [-0.2, -0.15) is 0 Å². The van der Waals surface area contributed by atoms with E-state index in [2.05, 4.69) is 15.3 Å². The maximum absolute atomic E-state index is 11.8. The number of carbonyl (C=O) groups is 2. The first kappa shape index (κ1) is 12.0. The van der Waals surface area contributed by atoms with E-state index in [1.807, 2.05) is 24.3 Å². The Balaban J connectivity index is 1.67. The Morgan fingerprint density at radius 1 is 1.47 bits per heavy atom. The summed E-state index contributed by atoms with van der Waals surface area (Å²) in [6, 6.07) is 7.53. The molecule has 2 N–H and O–H groups in total. The molecule has 0 atom stereocenters. The molecule has 0 saturated carbocycles. The number of para-hydroxylation sites is 2.